The number of sulfonamides is 1. The van der Waals surface area contributed by atoms with Crippen molar-refractivity contribution in [3.05, 3.63) is 17.5 Å². The first kappa shape index (κ1) is 15.4. The van der Waals surface area contributed by atoms with Gasteiger partial charge in [0, 0.05) is 13.1 Å². The summed E-state index contributed by atoms with van der Waals surface area (Å²) in [6.45, 7) is 1.39. The van der Waals surface area contributed by atoms with Gasteiger partial charge in [0.15, 0.2) is 0 Å². The molecular weight excluding hydrogens is 298 g/mol. The first-order valence-corrected chi connectivity index (χ1v) is 8.92. The van der Waals surface area contributed by atoms with Crippen molar-refractivity contribution in [2.45, 2.75) is 29.5 Å². The van der Waals surface area contributed by atoms with E-state index in [-0.39, 0.29) is 5.91 Å². The number of thiophene rings is 1. The summed E-state index contributed by atoms with van der Waals surface area (Å²) in [5.74, 6) is -0.226. The molecule has 1 fully saturated rings. The number of carbonyl (C=O) groups excluding carboxylic acids is 1. The third kappa shape index (κ3) is 3.20. The van der Waals surface area contributed by atoms with Crippen LogP contribution in [-0.2, 0) is 14.8 Å². The van der Waals surface area contributed by atoms with Crippen LogP contribution in [0.4, 0.5) is 0 Å². The molecule has 2 rings (SSSR count). The highest BCUT2D eigenvalue weighted by molar-refractivity contribution is 7.91. The minimum absolute atomic E-state index is 0.226. The maximum atomic E-state index is 12.5. The molecule has 1 aromatic rings. The zero-order valence-corrected chi connectivity index (χ0v) is 12.8. The fraction of sp³-hybridized carbons (Fsp3) is 0.583. The van der Waals surface area contributed by atoms with Crippen LogP contribution in [0.2, 0.25) is 0 Å². The molecule has 1 unspecified atom stereocenters. The first-order chi connectivity index (χ1) is 9.57. The van der Waals surface area contributed by atoms with Gasteiger partial charge in [0.25, 0.3) is 10.0 Å². The summed E-state index contributed by atoms with van der Waals surface area (Å²) in [4.78, 5) is 12.1. The summed E-state index contributed by atoms with van der Waals surface area (Å²) < 4.78 is 26.6. The van der Waals surface area contributed by atoms with Crippen LogP contribution in [0, 0.1) is 0 Å². The van der Waals surface area contributed by atoms with Crippen LogP contribution >= 0.6 is 11.3 Å². The second-order valence-corrected chi connectivity index (χ2v) is 7.70. The van der Waals surface area contributed by atoms with Crippen molar-refractivity contribution >= 4 is 27.3 Å². The van der Waals surface area contributed by atoms with Gasteiger partial charge >= 0.3 is 0 Å². The number of carbonyl (C=O) groups is 1. The molecule has 0 aromatic carbocycles. The normalized spacial score (nSPS) is 20.1. The Labute approximate surface area is 123 Å². The largest absolute Gasteiger partial charge is 0.355 e. The van der Waals surface area contributed by atoms with Gasteiger partial charge in [-0.1, -0.05) is 6.07 Å². The van der Waals surface area contributed by atoms with E-state index in [9.17, 15) is 13.2 Å². The maximum absolute atomic E-state index is 12.5. The number of nitrogens with two attached hydrogens (primary N) is 1. The third-order valence-electron chi connectivity index (χ3n) is 3.24. The van der Waals surface area contributed by atoms with Crippen molar-refractivity contribution in [2.24, 2.45) is 5.73 Å². The second-order valence-electron chi connectivity index (χ2n) is 4.64. The molecule has 112 valence electrons. The molecule has 6 nitrogen and oxygen atoms in total. The SMILES string of the molecule is NCCCNC(=O)C1CCCN1S(=O)(=O)c1cccs1. The van der Waals surface area contributed by atoms with Gasteiger partial charge < -0.3 is 11.1 Å². The number of nitrogens with zero attached hydrogens (tertiary/aromatic N) is 1. The van der Waals surface area contributed by atoms with Crippen LogP contribution in [0.25, 0.3) is 0 Å². The second kappa shape index (κ2) is 6.66. The average molecular weight is 317 g/mol. The van der Waals surface area contributed by atoms with Crippen molar-refractivity contribution in [1.29, 1.82) is 0 Å². The van der Waals surface area contributed by atoms with Gasteiger partial charge in [-0.15, -0.1) is 11.3 Å². The summed E-state index contributed by atoms with van der Waals surface area (Å²) in [5, 5.41) is 4.47. The van der Waals surface area contributed by atoms with Gasteiger partial charge in [0.2, 0.25) is 5.91 Å². The van der Waals surface area contributed by atoms with Crippen LogP contribution in [0.1, 0.15) is 19.3 Å². The first-order valence-electron chi connectivity index (χ1n) is 6.60. The number of hydrogen-bond acceptors (Lipinski definition) is 5. The van der Waals surface area contributed by atoms with Crippen molar-refractivity contribution in [1.82, 2.24) is 9.62 Å². The van der Waals surface area contributed by atoms with E-state index in [1.165, 1.54) is 15.6 Å². The zero-order chi connectivity index (χ0) is 14.6. The van der Waals surface area contributed by atoms with E-state index >= 15 is 0 Å². The Hall–Kier alpha value is -0.960. The average Bonchev–Trinajstić information content (AvgIpc) is 3.10. The van der Waals surface area contributed by atoms with Crippen molar-refractivity contribution < 1.29 is 13.2 Å². The quantitative estimate of drug-likeness (QED) is 0.741. The van der Waals surface area contributed by atoms with Crippen LogP contribution in [0.15, 0.2) is 21.7 Å². The lowest BCUT2D eigenvalue weighted by atomic mass is 10.2. The van der Waals surface area contributed by atoms with E-state index in [2.05, 4.69) is 5.32 Å². The molecule has 1 atom stereocenters. The molecule has 0 aliphatic carbocycles. The predicted octanol–water partition coefficient (Wildman–Crippen LogP) is 0.366. The molecule has 20 heavy (non-hydrogen) atoms. The number of rotatable bonds is 6. The van der Waals surface area contributed by atoms with Gasteiger partial charge in [-0.25, -0.2) is 8.42 Å². The molecular formula is C12H19N3O3S2. The number of nitrogens with one attached hydrogen (secondary N) is 1. The Bertz CT molecular complexity index is 542. The van der Waals surface area contributed by atoms with Gasteiger partial charge in [-0.3, -0.25) is 4.79 Å². The third-order valence-corrected chi connectivity index (χ3v) is 6.53. The van der Waals surface area contributed by atoms with E-state index in [1.807, 2.05) is 0 Å². The molecule has 1 aliphatic rings. The molecule has 1 aliphatic heterocycles. The monoisotopic (exact) mass is 317 g/mol. The van der Waals surface area contributed by atoms with Gasteiger partial charge in [-0.2, -0.15) is 4.31 Å². The topological polar surface area (TPSA) is 92.5 Å². The minimum Gasteiger partial charge on any atom is -0.355 e. The molecule has 3 N–H and O–H groups in total. The van der Waals surface area contributed by atoms with Gasteiger partial charge in [0.05, 0.1) is 0 Å². The Morgan fingerprint density at radius 2 is 2.35 bits per heavy atom. The maximum Gasteiger partial charge on any atom is 0.253 e. The Morgan fingerprint density at radius 3 is 3.00 bits per heavy atom. The van der Waals surface area contributed by atoms with E-state index in [4.69, 9.17) is 5.73 Å². The van der Waals surface area contributed by atoms with E-state index in [1.54, 1.807) is 17.5 Å². The fourth-order valence-corrected chi connectivity index (χ4v) is 5.02. The zero-order valence-electron chi connectivity index (χ0n) is 11.1. The Morgan fingerprint density at radius 1 is 1.55 bits per heavy atom. The number of amides is 1. The van der Waals surface area contributed by atoms with Crippen molar-refractivity contribution in [3.63, 3.8) is 0 Å². The van der Waals surface area contributed by atoms with E-state index in [0.717, 1.165) is 0 Å². The molecule has 0 radical (unpaired) electrons. The van der Waals surface area contributed by atoms with E-state index < -0.39 is 16.1 Å². The van der Waals surface area contributed by atoms with Crippen molar-refractivity contribution in [2.75, 3.05) is 19.6 Å². The van der Waals surface area contributed by atoms with Crippen LogP contribution in [-0.4, -0.2) is 44.3 Å². The molecule has 1 aromatic heterocycles. The van der Waals surface area contributed by atoms with Gasteiger partial charge in [0.1, 0.15) is 10.3 Å². The summed E-state index contributed by atoms with van der Waals surface area (Å²) in [6.07, 6.45) is 1.97. The lowest BCUT2D eigenvalue weighted by molar-refractivity contribution is -0.124. The molecule has 8 heteroatoms. The molecule has 0 spiro atoms. The highest BCUT2D eigenvalue weighted by atomic mass is 32.2. The molecule has 1 saturated heterocycles. The Balaban J connectivity index is 2.09. The highest BCUT2D eigenvalue weighted by Gasteiger charge is 2.39. The smallest absolute Gasteiger partial charge is 0.253 e. The molecule has 0 saturated carbocycles. The fourth-order valence-electron chi connectivity index (χ4n) is 2.25. The highest BCUT2D eigenvalue weighted by Crippen LogP contribution is 2.28. The van der Waals surface area contributed by atoms with Gasteiger partial charge in [-0.05, 0) is 37.3 Å². The molecule has 2 heterocycles. The van der Waals surface area contributed by atoms with Crippen LogP contribution < -0.4 is 11.1 Å². The minimum atomic E-state index is -3.55. The number of hydrogen-bond donors (Lipinski definition) is 2. The van der Waals surface area contributed by atoms with Crippen LogP contribution in [0.3, 0.4) is 0 Å². The lowest BCUT2D eigenvalue weighted by Crippen LogP contribution is -2.46. The Kier molecular flexibility index (Phi) is 5.14. The van der Waals surface area contributed by atoms with Crippen molar-refractivity contribution in [3.8, 4) is 0 Å². The summed E-state index contributed by atoms with van der Waals surface area (Å²) in [7, 11) is -3.55. The predicted molar refractivity (Wildman–Crippen MR) is 77.9 cm³/mol. The van der Waals surface area contributed by atoms with E-state index in [0.29, 0.717) is 43.1 Å². The molecule has 0 bridgehead atoms. The summed E-state index contributed by atoms with van der Waals surface area (Å²) >= 11 is 1.17. The molecule has 1 amide bonds. The van der Waals surface area contributed by atoms with Crippen LogP contribution in [0.5, 0.6) is 0 Å². The standard InChI is InChI=1S/C12H19N3O3S2/c13-6-3-7-14-12(16)10-4-1-8-15(10)20(17,18)11-5-2-9-19-11/h2,5,9-10H,1,3-4,6-8,13H2,(H,14,16). The summed E-state index contributed by atoms with van der Waals surface area (Å²) in [6, 6.07) is 2.67. The lowest BCUT2D eigenvalue weighted by Gasteiger charge is -2.22. The summed E-state index contributed by atoms with van der Waals surface area (Å²) in [5.41, 5.74) is 5.37.